The molecule has 1 aromatic carbocycles. The summed E-state index contributed by atoms with van der Waals surface area (Å²) < 4.78 is 1.49. The van der Waals surface area contributed by atoms with Crippen molar-refractivity contribution >= 4 is 23.5 Å². The average Bonchev–Trinajstić information content (AvgIpc) is 2.93. The molecule has 138 valence electrons. The summed E-state index contributed by atoms with van der Waals surface area (Å²) in [6.45, 7) is 6.82. The van der Waals surface area contributed by atoms with Crippen LogP contribution < -0.4 is 10.6 Å². The summed E-state index contributed by atoms with van der Waals surface area (Å²) >= 11 is 0. The number of nitrogens with one attached hydrogen (secondary N) is 2. The van der Waals surface area contributed by atoms with Crippen LogP contribution in [0.1, 0.15) is 36.8 Å². The van der Waals surface area contributed by atoms with Crippen LogP contribution in [-0.4, -0.2) is 39.2 Å². The standard InChI is InChI=1S/C18H22N4O4/c1-11-14(16(24)25)9-20-22(11)13-7-5-6-12(8-13)21-15(23)10-19-17(26)18(2,3)4/h5-9H,10H2,1-4H3,(H,19,26)(H,21,23)(H,24,25). The highest BCUT2D eigenvalue weighted by atomic mass is 16.4. The predicted molar refractivity (Wildman–Crippen MR) is 96.4 cm³/mol. The summed E-state index contributed by atoms with van der Waals surface area (Å²) in [4.78, 5) is 35.0. The van der Waals surface area contributed by atoms with Crippen molar-refractivity contribution in [3.63, 3.8) is 0 Å². The zero-order valence-corrected chi connectivity index (χ0v) is 15.2. The van der Waals surface area contributed by atoms with Crippen molar-refractivity contribution in [3.8, 4) is 5.69 Å². The first-order chi connectivity index (χ1) is 12.1. The van der Waals surface area contributed by atoms with E-state index < -0.39 is 11.4 Å². The SMILES string of the molecule is Cc1c(C(=O)O)cnn1-c1cccc(NC(=O)CNC(=O)C(C)(C)C)c1. The number of aromatic nitrogens is 2. The van der Waals surface area contributed by atoms with E-state index in [9.17, 15) is 14.4 Å². The van der Waals surface area contributed by atoms with Gasteiger partial charge in [0, 0.05) is 11.1 Å². The lowest BCUT2D eigenvalue weighted by atomic mass is 9.96. The van der Waals surface area contributed by atoms with Crippen LogP contribution in [0.5, 0.6) is 0 Å². The Morgan fingerprint density at radius 1 is 1.23 bits per heavy atom. The van der Waals surface area contributed by atoms with Crippen molar-refractivity contribution in [2.75, 3.05) is 11.9 Å². The maximum atomic E-state index is 12.0. The highest BCUT2D eigenvalue weighted by Crippen LogP contribution is 2.18. The predicted octanol–water partition coefficient (Wildman–Crippen LogP) is 1.98. The molecule has 2 aromatic rings. The minimum Gasteiger partial charge on any atom is -0.478 e. The Hall–Kier alpha value is -3.16. The second kappa shape index (κ2) is 7.38. The van der Waals surface area contributed by atoms with Crippen molar-refractivity contribution in [2.24, 2.45) is 5.41 Å². The number of carboxylic acid groups (broad SMARTS) is 1. The summed E-state index contributed by atoms with van der Waals surface area (Å²) in [5.74, 6) is -1.62. The Morgan fingerprint density at radius 3 is 2.50 bits per heavy atom. The zero-order valence-electron chi connectivity index (χ0n) is 15.2. The van der Waals surface area contributed by atoms with Crippen molar-refractivity contribution in [2.45, 2.75) is 27.7 Å². The third-order valence-corrected chi connectivity index (χ3v) is 3.71. The van der Waals surface area contributed by atoms with E-state index in [4.69, 9.17) is 5.11 Å². The fraction of sp³-hybridized carbons (Fsp3) is 0.333. The van der Waals surface area contributed by atoms with Crippen LogP contribution in [0.15, 0.2) is 30.5 Å². The van der Waals surface area contributed by atoms with Gasteiger partial charge in [0.2, 0.25) is 11.8 Å². The Bertz CT molecular complexity index is 849. The van der Waals surface area contributed by atoms with Gasteiger partial charge >= 0.3 is 5.97 Å². The monoisotopic (exact) mass is 358 g/mol. The van der Waals surface area contributed by atoms with E-state index in [0.29, 0.717) is 17.1 Å². The summed E-state index contributed by atoms with van der Waals surface area (Å²) in [7, 11) is 0. The number of hydrogen-bond donors (Lipinski definition) is 3. The number of hydrogen-bond acceptors (Lipinski definition) is 4. The molecule has 0 fully saturated rings. The van der Waals surface area contributed by atoms with Gasteiger partial charge in [-0.1, -0.05) is 26.8 Å². The molecule has 0 radical (unpaired) electrons. The number of carboxylic acids is 1. The molecule has 3 N–H and O–H groups in total. The molecule has 8 heteroatoms. The molecule has 0 saturated carbocycles. The Kier molecular flexibility index (Phi) is 5.44. The topological polar surface area (TPSA) is 113 Å². The van der Waals surface area contributed by atoms with Gasteiger partial charge in [0.1, 0.15) is 5.56 Å². The molecule has 1 heterocycles. The number of carbonyl (C=O) groups excluding carboxylic acids is 2. The van der Waals surface area contributed by atoms with E-state index in [1.807, 2.05) is 0 Å². The van der Waals surface area contributed by atoms with Crippen molar-refractivity contribution in [3.05, 3.63) is 41.7 Å². The molecule has 0 atom stereocenters. The molecule has 2 amide bonds. The Morgan fingerprint density at radius 2 is 1.92 bits per heavy atom. The zero-order chi connectivity index (χ0) is 19.5. The fourth-order valence-corrected chi connectivity index (χ4v) is 2.23. The molecule has 0 bridgehead atoms. The van der Waals surface area contributed by atoms with E-state index >= 15 is 0 Å². The van der Waals surface area contributed by atoms with Crippen LogP contribution in [0.4, 0.5) is 5.69 Å². The lowest BCUT2D eigenvalue weighted by Crippen LogP contribution is -2.39. The molecular weight excluding hydrogens is 336 g/mol. The number of amides is 2. The number of anilines is 1. The molecule has 26 heavy (non-hydrogen) atoms. The third kappa shape index (κ3) is 4.47. The molecule has 0 saturated heterocycles. The number of rotatable bonds is 5. The molecule has 0 unspecified atom stereocenters. The van der Waals surface area contributed by atoms with Gasteiger partial charge in [0.25, 0.3) is 0 Å². The van der Waals surface area contributed by atoms with Gasteiger partial charge in [-0.2, -0.15) is 5.10 Å². The fourth-order valence-electron chi connectivity index (χ4n) is 2.23. The van der Waals surface area contributed by atoms with E-state index in [-0.39, 0.29) is 23.9 Å². The molecule has 1 aromatic heterocycles. The van der Waals surface area contributed by atoms with Crippen LogP contribution >= 0.6 is 0 Å². The van der Waals surface area contributed by atoms with Crippen molar-refractivity contribution < 1.29 is 19.5 Å². The van der Waals surface area contributed by atoms with Gasteiger partial charge in [-0.3, -0.25) is 9.59 Å². The highest BCUT2D eigenvalue weighted by Gasteiger charge is 2.21. The van der Waals surface area contributed by atoms with Gasteiger partial charge in [-0.25, -0.2) is 9.48 Å². The van der Waals surface area contributed by atoms with Crippen LogP contribution in [-0.2, 0) is 9.59 Å². The van der Waals surface area contributed by atoms with Gasteiger partial charge in [-0.05, 0) is 25.1 Å². The molecule has 0 aliphatic rings. The molecule has 0 spiro atoms. The summed E-state index contributed by atoms with van der Waals surface area (Å²) in [6.07, 6.45) is 1.28. The van der Waals surface area contributed by atoms with Gasteiger partial charge in [0.15, 0.2) is 0 Å². The molecule has 0 aliphatic carbocycles. The maximum absolute atomic E-state index is 12.0. The first-order valence-corrected chi connectivity index (χ1v) is 8.06. The number of aromatic carboxylic acids is 1. The molecule has 0 aliphatic heterocycles. The Balaban J connectivity index is 2.09. The van der Waals surface area contributed by atoms with Crippen LogP contribution in [0.3, 0.4) is 0 Å². The first-order valence-electron chi connectivity index (χ1n) is 8.06. The van der Waals surface area contributed by atoms with Crippen LogP contribution in [0.2, 0.25) is 0 Å². The first kappa shape index (κ1) is 19.2. The van der Waals surface area contributed by atoms with Crippen molar-refractivity contribution in [1.82, 2.24) is 15.1 Å². The van der Waals surface area contributed by atoms with Crippen LogP contribution in [0.25, 0.3) is 5.69 Å². The summed E-state index contributed by atoms with van der Waals surface area (Å²) in [5.41, 5.74) is 1.16. The minimum atomic E-state index is -1.05. The molecule has 8 nitrogen and oxygen atoms in total. The van der Waals surface area contributed by atoms with Gasteiger partial charge in [-0.15, -0.1) is 0 Å². The summed E-state index contributed by atoms with van der Waals surface area (Å²) in [6, 6.07) is 6.85. The second-order valence-electron chi connectivity index (χ2n) is 6.89. The number of nitrogens with zero attached hydrogens (tertiary/aromatic N) is 2. The van der Waals surface area contributed by atoms with E-state index in [0.717, 1.165) is 0 Å². The number of benzene rings is 1. The molecular formula is C18H22N4O4. The van der Waals surface area contributed by atoms with E-state index in [1.54, 1.807) is 52.0 Å². The number of carbonyl (C=O) groups is 3. The molecule has 2 rings (SSSR count). The normalized spacial score (nSPS) is 11.1. The highest BCUT2D eigenvalue weighted by molar-refractivity contribution is 5.95. The average molecular weight is 358 g/mol. The van der Waals surface area contributed by atoms with Gasteiger partial charge < -0.3 is 15.7 Å². The van der Waals surface area contributed by atoms with E-state index in [2.05, 4.69) is 15.7 Å². The lowest BCUT2D eigenvalue weighted by molar-refractivity contribution is -0.130. The lowest BCUT2D eigenvalue weighted by Gasteiger charge is -2.17. The Labute approximate surface area is 151 Å². The second-order valence-corrected chi connectivity index (χ2v) is 6.89. The summed E-state index contributed by atoms with van der Waals surface area (Å²) in [5, 5.41) is 18.5. The smallest absolute Gasteiger partial charge is 0.339 e. The van der Waals surface area contributed by atoms with Crippen molar-refractivity contribution in [1.29, 1.82) is 0 Å². The minimum absolute atomic E-state index is 0.115. The maximum Gasteiger partial charge on any atom is 0.339 e. The van der Waals surface area contributed by atoms with Crippen LogP contribution in [0, 0.1) is 12.3 Å². The quantitative estimate of drug-likeness (QED) is 0.756. The van der Waals surface area contributed by atoms with E-state index in [1.165, 1.54) is 10.9 Å². The largest absolute Gasteiger partial charge is 0.478 e. The van der Waals surface area contributed by atoms with Gasteiger partial charge in [0.05, 0.1) is 24.1 Å². The third-order valence-electron chi connectivity index (χ3n) is 3.71.